The summed E-state index contributed by atoms with van der Waals surface area (Å²) in [4.78, 5) is 23.1. The molecule has 2 rings (SSSR count). The van der Waals surface area contributed by atoms with Crippen molar-refractivity contribution in [3.8, 4) is 0 Å². The average molecular weight is 397 g/mol. The second kappa shape index (κ2) is 7.66. The summed E-state index contributed by atoms with van der Waals surface area (Å²) < 4.78 is 68.0. The van der Waals surface area contributed by atoms with E-state index in [1.165, 1.54) is 22.1 Å². The lowest BCUT2D eigenvalue weighted by Crippen LogP contribution is -2.36. The number of halogens is 3. The summed E-state index contributed by atoms with van der Waals surface area (Å²) >= 11 is 0. The monoisotopic (exact) mass is 397 g/mol. The number of nitrogens with one attached hydrogen (secondary N) is 1. The van der Waals surface area contributed by atoms with Gasteiger partial charge in [0.25, 0.3) is 5.91 Å². The summed E-state index contributed by atoms with van der Waals surface area (Å²) in [5, 5.41) is 1.56. The first-order chi connectivity index (χ1) is 12.0. The molecule has 1 aromatic heterocycles. The minimum atomic E-state index is -4.57. The van der Waals surface area contributed by atoms with Gasteiger partial charge in [-0.2, -0.15) is 17.5 Å². The average Bonchev–Trinajstić information content (AvgIpc) is 3.20. The van der Waals surface area contributed by atoms with Crippen molar-refractivity contribution in [2.24, 2.45) is 7.05 Å². The summed E-state index contributed by atoms with van der Waals surface area (Å²) in [6.45, 7) is -1.65. The molecule has 1 fully saturated rings. The molecule has 0 aliphatic carbocycles. The van der Waals surface area contributed by atoms with Gasteiger partial charge in [0.2, 0.25) is 10.0 Å². The van der Waals surface area contributed by atoms with E-state index >= 15 is 0 Å². The molecule has 12 heteroatoms. The highest BCUT2D eigenvalue weighted by Gasteiger charge is 2.30. The van der Waals surface area contributed by atoms with Crippen LogP contribution >= 0.6 is 0 Å². The standard InChI is InChI=1S/C14H18F3N3O5S/c1-19-7-10(26(23,24)20-4-2-3-5-20)6-11(19)13(22)25-8-12(21)18-9-14(15,16)17/h6-7H,2-5,8-9H2,1H3,(H,18,21). The van der Waals surface area contributed by atoms with Crippen molar-refractivity contribution >= 4 is 21.9 Å². The minimum absolute atomic E-state index is 0.0876. The number of sulfonamides is 1. The Morgan fingerprint density at radius 2 is 1.88 bits per heavy atom. The molecule has 0 aromatic carbocycles. The van der Waals surface area contributed by atoms with E-state index in [0.717, 1.165) is 18.9 Å². The number of carbonyl (C=O) groups is 2. The first-order valence-electron chi connectivity index (χ1n) is 7.68. The van der Waals surface area contributed by atoms with E-state index in [9.17, 15) is 31.2 Å². The van der Waals surface area contributed by atoms with Crippen molar-refractivity contribution in [2.45, 2.75) is 23.9 Å². The second-order valence-corrected chi connectivity index (χ2v) is 7.69. The minimum Gasteiger partial charge on any atom is -0.451 e. The van der Waals surface area contributed by atoms with Crippen LogP contribution in [0.2, 0.25) is 0 Å². The Kier molecular flexibility index (Phi) is 5.96. The summed E-state index contributed by atoms with van der Waals surface area (Å²) in [7, 11) is -2.31. The highest BCUT2D eigenvalue weighted by molar-refractivity contribution is 7.89. The maximum Gasteiger partial charge on any atom is 0.405 e. The van der Waals surface area contributed by atoms with Crippen LogP contribution in [-0.2, 0) is 26.6 Å². The van der Waals surface area contributed by atoms with Gasteiger partial charge in [0.1, 0.15) is 17.1 Å². The highest BCUT2D eigenvalue weighted by Crippen LogP contribution is 2.22. The fourth-order valence-corrected chi connectivity index (χ4v) is 4.00. The summed E-state index contributed by atoms with van der Waals surface area (Å²) in [6.07, 6.45) is -1.81. The third kappa shape index (κ3) is 4.97. The van der Waals surface area contributed by atoms with Crippen LogP contribution < -0.4 is 5.32 Å². The van der Waals surface area contributed by atoms with E-state index in [1.54, 1.807) is 5.32 Å². The van der Waals surface area contributed by atoms with Gasteiger partial charge in [-0.25, -0.2) is 13.2 Å². The Bertz CT molecular complexity index is 782. The van der Waals surface area contributed by atoms with Crippen LogP contribution in [0.3, 0.4) is 0 Å². The van der Waals surface area contributed by atoms with Crippen LogP contribution in [0.15, 0.2) is 17.2 Å². The molecule has 146 valence electrons. The molecule has 1 amide bonds. The van der Waals surface area contributed by atoms with Crippen molar-refractivity contribution < 1.29 is 35.9 Å². The number of amides is 1. The second-order valence-electron chi connectivity index (χ2n) is 5.75. The van der Waals surface area contributed by atoms with E-state index in [-0.39, 0.29) is 10.6 Å². The lowest BCUT2D eigenvalue weighted by molar-refractivity contribution is -0.140. The largest absolute Gasteiger partial charge is 0.451 e. The molecule has 0 bridgehead atoms. The number of ether oxygens (including phenoxy) is 1. The van der Waals surface area contributed by atoms with Crippen LogP contribution in [0.25, 0.3) is 0 Å². The topological polar surface area (TPSA) is 97.7 Å². The number of carbonyl (C=O) groups excluding carboxylic acids is 2. The molecule has 1 N–H and O–H groups in total. The van der Waals surface area contributed by atoms with Crippen molar-refractivity contribution in [2.75, 3.05) is 26.2 Å². The van der Waals surface area contributed by atoms with Gasteiger partial charge >= 0.3 is 12.1 Å². The van der Waals surface area contributed by atoms with Gasteiger partial charge in [-0.15, -0.1) is 0 Å². The SMILES string of the molecule is Cn1cc(S(=O)(=O)N2CCCC2)cc1C(=O)OCC(=O)NCC(F)(F)F. The highest BCUT2D eigenvalue weighted by atomic mass is 32.2. The molecule has 1 aliphatic rings. The van der Waals surface area contributed by atoms with Crippen molar-refractivity contribution in [1.29, 1.82) is 0 Å². The number of nitrogens with zero attached hydrogens (tertiary/aromatic N) is 2. The summed E-state index contributed by atoms with van der Waals surface area (Å²) in [6, 6.07) is 1.11. The number of aromatic nitrogens is 1. The predicted molar refractivity (Wildman–Crippen MR) is 82.8 cm³/mol. The lowest BCUT2D eigenvalue weighted by Gasteiger charge is -2.13. The molecular formula is C14H18F3N3O5S. The van der Waals surface area contributed by atoms with Crippen LogP contribution in [0.1, 0.15) is 23.3 Å². The van der Waals surface area contributed by atoms with Crippen LogP contribution in [0, 0.1) is 0 Å². The van der Waals surface area contributed by atoms with Crippen molar-refractivity contribution in [3.63, 3.8) is 0 Å². The zero-order valence-corrected chi connectivity index (χ0v) is 14.7. The van der Waals surface area contributed by atoms with Gasteiger partial charge in [-0.1, -0.05) is 0 Å². The van der Waals surface area contributed by atoms with E-state index in [0.29, 0.717) is 13.1 Å². The van der Waals surface area contributed by atoms with E-state index in [1.807, 2.05) is 0 Å². The molecule has 1 aromatic rings. The lowest BCUT2D eigenvalue weighted by atomic mass is 10.4. The number of rotatable bonds is 6. The number of alkyl halides is 3. The molecule has 0 spiro atoms. The Morgan fingerprint density at radius 1 is 1.27 bits per heavy atom. The number of hydrogen-bond acceptors (Lipinski definition) is 5. The molecule has 1 saturated heterocycles. The summed E-state index contributed by atoms with van der Waals surface area (Å²) in [5.74, 6) is -2.13. The maximum absolute atomic E-state index is 12.5. The molecule has 0 saturated carbocycles. The Labute approximate surface area is 147 Å². The van der Waals surface area contributed by atoms with Crippen LogP contribution in [0.5, 0.6) is 0 Å². The molecule has 0 atom stereocenters. The molecule has 2 heterocycles. The van der Waals surface area contributed by atoms with E-state index in [2.05, 4.69) is 4.74 Å². The van der Waals surface area contributed by atoms with Gasteiger partial charge < -0.3 is 14.6 Å². The Balaban J connectivity index is 2.00. The van der Waals surface area contributed by atoms with Gasteiger partial charge in [-0.3, -0.25) is 4.79 Å². The normalized spacial score (nSPS) is 15.8. The van der Waals surface area contributed by atoms with Crippen molar-refractivity contribution in [3.05, 3.63) is 18.0 Å². The third-order valence-electron chi connectivity index (χ3n) is 3.71. The molecular weight excluding hydrogens is 379 g/mol. The Hall–Kier alpha value is -2.08. The van der Waals surface area contributed by atoms with Gasteiger partial charge in [0.15, 0.2) is 6.61 Å². The molecule has 26 heavy (non-hydrogen) atoms. The van der Waals surface area contributed by atoms with Gasteiger partial charge in [0.05, 0.1) is 0 Å². The maximum atomic E-state index is 12.5. The fraction of sp³-hybridized carbons (Fsp3) is 0.571. The van der Waals surface area contributed by atoms with Gasteiger partial charge in [-0.05, 0) is 18.9 Å². The molecule has 1 aliphatic heterocycles. The van der Waals surface area contributed by atoms with Crippen LogP contribution in [0.4, 0.5) is 13.2 Å². The van der Waals surface area contributed by atoms with Gasteiger partial charge in [0, 0.05) is 26.3 Å². The van der Waals surface area contributed by atoms with Crippen molar-refractivity contribution in [1.82, 2.24) is 14.2 Å². The predicted octanol–water partition coefficient (Wildman–Crippen LogP) is 0.645. The molecule has 0 unspecified atom stereocenters. The molecule has 8 nitrogen and oxygen atoms in total. The fourth-order valence-electron chi connectivity index (χ4n) is 2.41. The summed E-state index contributed by atoms with van der Waals surface area (Å²) in [5.41, 5.74) is -0.133. The molecule has 0 radical (unpaired) electrons. The number of aryl methyl sites for hydroxylation is 1. The smallest absolute Gasteiger partial charge is 0.405 e. The zero-order chi connectivity index (χ0) is 19.5. The third-order valence-corrected chi connectivity index (χ3v) is 5.58. The number of esters is 1. The first-order valence-corrected chi connectivity index (χ1v) is 9.12. The number of hydrogen-bond donors (Lipinski definition) is 1. The van der Waals surface area contributed by atoms with E-state index in [4.69, 9.17) is 0 Å². The first kappa shape index (κ1) is 20.2. The Morgan fingerprint density at radius 3 is 2.46 bits per heavy atom. The van der Waals surface area contributed by atoms with E-state index < -0.39 is 41.2 Å². The van der Waals surface area contributed by atoms with Crippen LogP contribution in [-0.4, -0.2) is 61.6 Å². The zero-order valence-electron chi connectivity index (χ0n) is 13.9. The quantitative estimate of drug-likeness (QED) is 0.711.